The maximum Gasteiger partial charge on any atom is 0.204 e. The summed E-state index contributed by atoms with van der Waals surface area (Å²) in [5.74, 6) is -0.0654. The van der Waals surface area contributed by atoms with Gasteiger partial charge in [0.15, 0.2) is 0 Å². The molecule has 0 fully saturated rings. The summed E-state index contributed by atoms with van der Waals surface area (Å²) in [5.41, 5.74) is 6.09. The van der Waals surface area contributed by atoms with Gasteiger partial charge in [-0.2, -0.15) is 0 Å². The number of nitrogens with one attached hydrogen (secondary N) is 1. The summed E-state index contributed by atoms with van der Waals surface area (Å²) in [4.78, 5) is 25.8. The van der Waals surface area contributed by atoms with E-state index in [-0.39, 0.29) is 25.3 Å². The van der Waals surface area contributed by atoms with Crippen molar-refractivity contribution in [2.45, 2.75) is 0 Å². The molecular weight excluding hydrogens is 378 g/mol. The Morgan fingerprint density at radius 1 is 0.615 bits per heavy atom. The van der Waals surface area contributed by atoms with E-state index in [0.29, 0.717) is 5.70 Å². The zero-order valence-electron chi connectivity index (χ0n) is 13.8. The fourth-order valence-electron chi connectivity index (χ4n) is 2.93. The van der Waals surface area contributed by atoms with Crippen molar-refractivity contribution in [2.24, 2.45) is 15.0 Å². The molecule has 0 atom stereocenters. The van der Waals surface area contributed by atoms with Crippen LogP contribution >= 0.6 is 0 Å². The van der Waals surface area contributed by atoms with Gasteiger partial charge in [-0.15, -0.1) is 0 Å². The number of rotatable bonds is 0. The van der Waals surface area contributed by atoms with Crippen molar-refractivity contribution in [1.29, 1.82) is 0 Å². The molecule has 120 valence electrons. The topological polar surface area (TPSA) is 66.2 Å². The summed E-state index contributed by atoms with van der Waals surface area (Å²) in [5, 5.41) is 3.13. The molecule has 0 aromatic heterocycles. The summed E-state index contributed by atoms with van der Waals surface area (Å²) in [6, 6.07) is 0. The van der Waals surface area contributed by atoms with Crippen molar-refractivity contribution in [1.82, 2.24) is 5.32 Å². The Morgan fingerprint density at radius 2 is 1.12 bits per heavy atom. The minimum Gasteiger partial charge on any atom is -0.352 e. The van der Waals surface area contributed by atoms with Gasteiger partial charge in [-0.3, -0.25) is 4.79 Å². The number of carbonyl (C=O) groups is 1. The molecule has 0 amide bonds. The normalized spacial score (nSPS) is 21.8. The molecule has 0 aliphatic carbocycles. The van der Waals surface area contributed by atoms with Crippen LogP contribution in [0.1, 0.15) is 0 Å². The molecule has 0 aromatic carbocycles. The number of aliphatic imine (C=N–C) groups is 3. The Morgan fingerprint density at radius 3 is 1.69 bits per heavy atom. The van der Waals surface area contributed by atoms with E-state index in [9.17, 15) is 4.79 Å². The summed E-state index contributed by atoms with van der Waals surface area (Å²) < 4.78 is 0. The van der Waals surface area contributed by atoms with Gasteiger partial charge in [-0.25, -0.2) is 15.0 Å². The Hall–Kier alpha value is -2.98. The van der Waals surface area contributed by atoms with Crippen LogP contribution in [-0.4, -0.2) is 22.9 Å². The van der Waals surface area contributed by atoms with E-state index in [4.69, 9.17) is 0 Å². The Labute approximate surface area is 162 Å². The van der Waals surface area contributed by atoms with Crippen LogP contribution in [0, 0.1) is 0 Å². The van der Waals surface area contributed by atoms with Crippen LogP contribution in [0.3, 0.4) is 0 Å². The third-order valence-corrected chi connectivity index (χ3v) is 4.07. The quantitative estimate of drug-likeness (QED) is 0.647. The largest absolute Gasteiger partial charge is 0.352 e. The number of ketones is 1. The molecule has 0 saturated carbocycles. The van der Waals surface area contributed by atoms with Crippen molar-refractivity contribution >= 4 is 22.9 Å². The fraction of sp³-hybridized carbons (Fsp3) is 0. The van der Waals surface area contributed by atoms with Crippen LogP contribution in [-0.2, 0) is 24.3 Å². The van der Waals surface area contributed by atoms with E-state index in [1.807, 2.05) is 54.7 Å². The first-order chi connectivity index (χ1) is 12.2. The van der Waals surface area contributed by atoms with Crippen LogP contribution in [0.15, 0.2) is 110 Å². The molecule has 1 N–H and O–H groups in total. The number of allylic oxidation sites excluding steroid dienone is 11. The minimum atomic E-state index is -0.0654. The molecule has 5 heterocycles. The van der Waals surface area contributed by atoms with E-state index in [1.54, 1.807) is 12.2 Å². The number of nitrogens with zero attached hydrogens (tertiary/aromatic N) is 3. The summed E-state index contributed by atoms with van der Waals surface area (Å²) in [7, 11) is 0. The van der Waals surface area contributed by atoms with E-state index in [2.05, 4.69) is 20.3 Å². The van der Waals surface area contributed by atoms with Crippen molar-refractivity contribution < 1.29 is 24.3 Å². The van der Waals surface area contributed by atoms with E-state index >= 15 is 0 Å². The van der Waals surface area contributed by atoms with Gasteiger partial charge in [0, 0.05) is 31.3 Å². The predicted molar refractivity (Wildman–Crippen MR) is 98.3 cm³/mol. The molecule has 0 spiro atoms. The van der Waals surface area contributed by atoms with Gasteiger partial charge in [0.05, 0.1) is 39.9 Å². The van der Waals surface area contributed by atoms with Gasteiger partial charge in [0.1, 0.15) is 0 Å². The molecule has 0 radical (unpaired) electrons. The van der Waals surface area contributed by atoms with E-state index in [1.165, 1.54) is 0 Å². The first-order valence-electron chi connectivity index (χ1n) is 7.91. The molecule has 0 aromatic rings. The summed E-state index contributed by atoms with van der Waals surface area (Å²) in [6.45, 7) is 0. The second kappa shape index (κ2) is 6.39. The van der Waals surface area contributed by atoms with Crippen molar-refractivity contribution in [2.75, 3.05) is 0 Å². The van der Waals surface area contributed by atoms with Gasteiger partial charge >= 0.3 is 0 Å². The Balaban J connectivity index is 0.00000168. The predicted octanol–water partition coefficient (Wildman–Crippen LogP) is 2.62. The standard InChI is InChI=1S/C20H12N4O.Zn/c25-20-11-18-9-16-4-3-14(22-16)7-12-1-2-13(21-12)8-15-5-6-17(23-15)10-19(20)24-18;/h1-11,24H;. The molecule has 26 heavy (non-hydrogen) atoms. The molecule has 5 rings (SSSR count). The maximum atomic E-state index is 12.2. The smallest absolute Gasteiger partial charge is 0.204 e. The van der Waals surface area contributed by atoms with E-state index < -0.39 is 0 Å². The van der Waals surface area contributed by atoms with Gasteiger partial charge in [-0.1, -0.05) is 0 Å². The molecule has 6 heteroatoms. The molecule has 5 nitrogen and oxygen atoms in total. The zero-order valence-corrected chi connectivity index (χ0v) is 16.8. The van der Waals surface area contributed by atoms with Gasteiger partial charge in [0.2, 0.25) is 5.78 Å². The molecule has 5 aliphatic rings. The van der Waals surface area contributed by atoms with Crippen molar-refractivity contribution in [3.63, 3.8) is 0 Å². The number of hydrogen-bond acceptors (Lipinski definition) is 5. The molecule has 0 saturated heterocycles. The number of carbonyl (C=O) groups excluding carboxylic acids is 1. The van der Waals surface area contributed by atoms with Crippen LogP contribution in [0.25, 0.3) is 0 Å². The minimum absolute atomic E-state index is 0. The van der Waals surface area contributed by atoms with Crippen molar-refractivity contribution in [3.05, 3.63) is 95.3 Å². The maximum absolute atomic E-state index is 12.2. The second-order valence-corrected chi connectivity index (χ2v) is 5.96. The third-order valence-electron chi connectivity index (χ3n) is 4.07. The summed E-state index contributed by atoms with van der Waals surface area (Å²) >= 11 is 0. The Kier molecular flexibility index (Phi) is 4.05. The fourth-order valence-corrected chi connectivity index (χ4v) is 2.93. The van der Waals surface area contributed by atoms with Crippen LogP contribution in [0.2, 0.25) is 0 Å². The van der Waals surface area contributed by atoms with Gasteiger partial charge in [0.25, 0.3) is 0 Å². The molecular formula is C20H12N4OZn. The number of hydrogen-bond donors (Lipinski definition) is 1. The third kappa shape index (κ3) is 3.11. The van der Waals surface area contributed by atoms with Gasteiger partial charge in [-0.05, 0) is 60.8 Å². The van der Waals surface area contributed by atoms with Crippen LogP contribution < -0.4 is 5.32 Å². The van der Waals surface area contributed by atoms with Crippen LogP contribution in [0.4, 0.5) is 0 Å². The average Bonchev–Trinajstić information content (AvgIpc) is 3.33. The van der Waals surface area contributed by atoms with Crippen molar-refractivity contribution in [3.8, 4) is 0 Å². The SMILES string of the molecule is O=C1C=C2C=C3C=CC(=N3)C=C3C=CC(=N3)C=C3C=CC(=N3)C=C1N2.[Zn]. The summed E-state index contributed by atoms with van der Waals surface area (Å²) in [6.07, 6.45) is 20.6. The molecule has 8 bridgehead atoms. The van der Waals surface area contributed by atoms with Gasteiger partial charge < -0.3 is 5.32 Å². The second-order valence-electron chi connectivity index (χ2n) is 5.96. The van der Waals surface area contributed by atoms with Crippen LogP contribution in [0.5, 0.6) is 0 Å². The average molecular weight is 390 g/mol. The Bertz CT molecular complexity index is 1070. The zero-order chi connectivity index (χ0) is 16.8. The molecule has 5 aliphatic heterocycles. The first-order valence-corrected chi connectivity index (χ1v) is 7.91. The molecule has 0 unspecified atom stereocenters. The number of fused-ring (bicyclic) bond motifs is 5. The first kappa shape index (κ1) is 16.5. The van der Waals surface area contributed by atoms with E-state index in [0.717, 1.165) is 39.9 Å². The monoisotopic (exact) mass is 388 g/mol.